The number of allylic oxidation sites excluding steroid dienone is 3. The predicted molar refractivity (Wildman–Crippen MR) is 157 cm³/mol. The normalized spacial score (nSPS) is 18.1. The van der Waals surface area contributed by atoms with E-state index in [2.05, 4.69) is 14.5 Å². The molecule has 5 unspecified atom stereocenters. The van der Waals surface area contributed by atoms with Crippen molar-refractivity contribution in [3.63, 3.8) is 0 Å². The number of hydrogen-bond donors (Lipinski definition) is 2. The lowest BCUT2D eigenvalue weighted by molar-refractivity contribution is -0.134. The molecule has 0 spiro atoms. The minimum atomic E-state index is -3.07. The summed E-state index contributed by atoms with van der Waals surface area (Å²) in [7, 11) is -4.54. The van der Waals surface area contributed by atoms with E-state index >= 15 is 0 Å². The van der Waals surface area contributed by atoms with Crippen LogP contribution in [0.15, 0.2) is 77.9 Å². The van der Waals surface area contributed by atoms with Crippen molar-refractivity contribution in [2.45, 2.75) is 12.2 Å². The van der Waals surface area contributed by atoms with Crippen LogP contribution >= 0.6 is 23.1 Å². The van der Waals surface area contributed by atoms with Crippen LogP contribution in [0, 0.1) is 5.92 Å². The molecule has 0 aliphatic heterocycles. The van der Waals surface area contributed by atoms with Crippen LogP contribution in [0.25, 0.3) is 0 Å². The molecule has 212 valence electrons. The van der Waals surface area contributed by atoms with Crippen LogP contribution in [0.3, 0.4) is 0 Å². The largest absolute Gasteiger partial charge is 0.497 e. The topological polar surface area (TPSA) is 130 Å². The fourth-order valence-corrected chi connectivity index (χ4v) is 6.84. The van der Waals surface area contributed by atoms with Gasteiger partial charge in [-0.1, -0.05) is 36.4 Å². The summed E-state index contributed by atoms with van der Waals surface area (Å²) in [6.45, 7) is 0.347. The van der Waals surface area contributed by atoms with Gasteiger partial charge < -0.3 is 9.26 Å². The average Bonchev–Trinajstić information content (AvgIpc) is 2.97. The zero-order valence-corrected chi connectivity index (χ0v) is 25.2. The molecule has 0 amide bonds. The van der Waals surface area contributed by atoms with Crippen LogP contribution in [-0.4, -0.2) is 53.4 Å². The summed E-state index contributed by atoms with van der Waals surface area (Å²) in [6, 6.07) is 14.1. The maximum Gasteiger partial charge on any atom is 0.245 e. The third kappa shape index (κ3) is 9.80. The molecule has 1 aliphatic carbocycles. The standard InChI is InChI=1S/C24H32N3O8P3S/c1-26(25-16-19-8-12-22(32-2)13-9-19)38(39)33-23-14-10-21(11-15-23)24(37(31)35-29)27(18-36(30)34-28)17-20-6-4-3-5-7-20/h3-6,8-16,20,24,28-29,36-38H,7,17-18H2,1-2H3/b25-16+. The fourth-order valence-electron chi connectivity index (χ4n) is 3.85. The molecule has 0 aromatic heterocycles. The highest BCUT2D eigenvalue weighted by atomic mass is 32.4. The second-order valence-electron chi connectivity index (χ2n) is 8.49. The number of hydrazone groups is 1. The number of nitrogens with zero attached hydrogens (tertiary/aromatic N) is 3. The summed E-state index contributed by atoms with van der Waals surface area (Å²) in [4.78, 5) is 1.63. The molecule has 2 N–H and O–H groups in total. The van der Waals surface area contributed by atoms with E-state index in [-0.39, 0.29) is 12.2 Å². The average molecular weight is 616 g/mol. The van der Waals surface area contributed by atoms with Gasteiger partial charge in [-0.15, -0.1) is 0 Å². The zero-order valence-electron chi connectivity index (χ0n) is 21.4. The highest BCUT2D eigenvalue weighted by Gasteiger charge is 2.30. The van der Waals surface area contributed by atoms with Crippen molar-refractivity contribution < 1.29 is 38.3 Å². The first-order chi connectivity index (χ1) is 18.8. The number of benzene rings is 2. The van der Waals surface area contributed by atoms with Gasteiger partial charge in [0.2, 0.25) is 23.1 Å². The van der Waals surface area contributed by atoms with Crippen molar-refractivity contribution in [3.8, 4) is 11.5 Å². The summed E-state index contributed by atoms with van der Waals surface area (Å²) < 4.78 is 45.9. The Bertz CT molecular complexity index is 1230. The minimum Gasteiger partial charge on any atom is -0.497 e. The van der Waals surface area contributed by atoms with Crippen LogP contribution < -0.4 is 9.26 Å². The van der Waals surface area contributed by atoms with Crippen molar-refractivity contribution in [2.24, 2.45) is 11.0 Å². The van der Waals surface area contributed by atoms with E-state index in [1.807, 2.05) is 48.6 Å². The molecule has 1 aliphatic rings. The lowest BCUT2D eigenvalue weighted by Crippen LogP contribution is -2.32. The number of methoxy groups -OCH3 is 1. The molecule has 0 radical (unpaired) electrons. The van der Waals surface area contributed by atoms with Crippen LogP contribution in [0.4, 0.5) is 0 Å². The number of hydrogen-bond acceptors (Lipinski definition) is 11. The van der Waals surface area contributed by atoms with Gasteiger partial charge in [0.1, 0.15) is 17.3 Å². The Morgan fingerprint density at radius 3 is 2.36 bits per heavy atom. The lowest BCUT2D eigenvalue weighted by atomic mass is 10.0. The first-order valence-electron chi connectivity index (χ1n) is 11.8. The first-order valence-corrected chi connectivity index (χ1v) is 17.3. The van der Waals surface area contributed by atoms with Crippen molar-refractivity contribution in [2.75, 3.05) is 27.0 Å². The quantitative estimate of drug-likeness (QED) is 0.108. The number of rotatable bonds is 15. The van der Waals surface area contributed by atoms with Gasteiger partial charge in [-0.25, -0.2) is 15.3 Å². The van der Waals surface area contributed by atoms with E-state index < -0.39 is 28.9 Å². The summed E-state index contributed by atoms with van der Waals surface area (Å²) in [5.41, 5.74) is 1.41. The van der Waals surface area contributed by atoms with Crippen molar-refractivity contribution in [3.05, 3.63) is 84.0 Å². The molecule has 0 saturated heterocycles. The summed E-state index contributed by atoms with van der Waals surface area (Å²) in [5, 5.41) is 22.6. The summed E-state index contributed by atoms with van der Waals surface area (Å²) >= 11 is 5.52. The van der Waals surface area contributed by atoms with Crippen LogP contribution in [0.1, 0.15) is 23.3 Å². The third-order valence-electron chi connectivity index (χ3n) is 5.81. The Labute approximate surface area is 234 Å². The second kappa shape index (κ2) is 16.2. The molecular formula is C24H32N3O8P3S. The van der Waals surface area contributed by atoms with Crippen LogP contribution in [0.5, 0.6) is 11.5 Å². The van der Waals surface area contributed by atoms with Gasteiger partial charge in [-0.3, -0.25) is 14.0 Å². The molecular weight excluding hydrogens is 583 g/mol. The summed E-state index contributed by atoms with van der Waals surface area (Å²) in [6.07, 6.45) is 10.0. The van der Waals surface area contributed by atoms with E-state index in [0.717, 1.165) is 17.7 Å². The Hall–Kier alpha value is -2.10. The molecule has 39 heavy (non-hydrogen) atoms. The van der Waals surface area contributed by atoms with Gasteiger partial charge in [-0.2, -0.15) is 14.5 Å². The molecule has 2 aromatic carbocycles. The number of ether oxygens (including phenoxy) is 1. The molecule has 5 atom stereocenters. The monoisotopic (exact) mass is 615 g/mol. The van der Waals surface area contributed by atoms with Crippen molar-refractivity contribution in [1.82, 2.24) is 9.68 Å². The Balaban J connectivity index is 1.72. The molecule has 11 nitrogen and oxygen atoms in total. The van der Waals surface area contributed by atoms with E-state index in [0.29, 0.717) is 17.9 Å². The smallest absolute Gasteiger partial charge is 0.245 e. The lowest BCUT2D eigenvalue weighted by Gasteiger charge is -2.32. The van der Waals surface area contributed by atoms with Gasteiger partial charge >= 0.3 is 0 Å². The van der Waals surface area contributed by atoms with Gasteiger partial charge in [0.05, 0.1) is 19.6 Å². The molecule has 0 bridgehead atoms. The molecule has 0 heterocycles. The van der Waals surface area contributed by atoms with Crippen LogP contribution in [0.2, 0.25) is 0 Å². The van der Waals surface area contributed by atoms with E-state index in [1.165, 1.54) is 0 Å². The van der Waals surface area contributed by atoms with Gasteiger partial charge in [0.15, 0.2) is 0 Å². The molecule has 0 saturated carbocycles. The molecule has 2 aromatic rings. The molecule has 15 heteroatoms. The Kier molecular flexibility index (Phi) is 13.1. The maximum atomic E-state index is 12.8. The van der Waals surface area contributed by atoms with Crippen LogP contribution in [-0.2, 0) is 30.3 Å². The first kappa shape index (κ1) is 31.4. The molecule has 3 rings (SSSR count). The minimum absolute atomic E-state index is 0.0430. The van der Waals surface area contributed by atoms with Gasteiger partial charge in [0, 0.05) is 13.6 Å². The van der Waals surface area contributed by atoms with E-state index in [1.54, 1.807) is 54.3 Å². The van der Waals surface area contributed by atoms with E-state index in [4.69, 9.17) is 26.3 Å². The van der Waals surface area contributed by atoms with Crippen molar-refractivity contribution in [1.29, 1.82) is 0 Å². The Morgan fingerprint density at radius 1 is 1.08 bits per heavy atom. The second-order valence-corrected chi connectivity index (χ2v) is 13.5. The highest BCUT2D eigenvalue weighted by molar-refractivity contribution is 8.02. The van der Waals surface area contributed by atoms with Crippen molar-refractivity contribution >= 4 is 41.2 Å². The maximum absolute atomic E-state index is 12.8. The van der Waals surface area contributed by atoms with E-state index in [9.17, 15) is 14.4 Å². The molecule has 0 fully saturated rings. The highest BCUT2D eigenvalue weighted by Crippen LogP contribution is 2.46. The fraction of sp³-hybridized carbons (Fsp3) is 0.292. The summed E-state index contributed by atoms with van der Waals surface area (Å²) in [5.74, 6) is 0.348. The SMILES string of the molecule is COc1ccc(/C=N/N(C)[PH](=S)Oc2ccc(C(N(CC3C=CC=CC3)C[PH](=O)OO)[PH](=O)OO)cc2)cc1. The third-order valence-corrected chi connectivity index (χ3v) is 10.1. The Morgan fingerprint density at radius 2 is 1.77 bits per heavy atom. The predicted octanol–water partition coefficient (Wildman–Crippen LogP) is 5.87. The van der Waals surface area contributed by atoms with Gasteiger partial charge in [-0.05, 0) is 71.7 Å². The zero-order chi connectivity index (χ0) is 28.2. The van der Waals surface area contributed by atoms with Gasteiger partial charge in [0.25, 0.3) is 0 Å².